The number of carbonyl (C=O) groups excluding carboxylic acids is 3. The molecule has 3 amide bonds. The second-order valence-electron chi connectivity index (χ2n) is 7.46. The van der Waals surface area contributed by atoms with E-state index >= 15 is 0 Å². The number of anilines is 1. The minimum absolute atomic E-state index is 0.0889. The van der Waals surface area contributed by atoms with Gasteiger partial charge in [-0.25, -0.2) is 5.43 Å². The lowest BCUT2D eigenvalue weighted by Gasteiger charge is -2.08. The van der Waals surface area contributed by atoms with Gasteiger partial charge in [0.15, 0.2) is 6.61 Å². The summed E-state index contributed by atoms with van der Waals surface area (Å²) in [5.74, 6) is -1.37. The van der Waals surface area contributed by atoms with Crippen molar-refractivity contribution in [2.75, 3.05) is 18.5 Å². The predicted octanol–water partition coefficient (Wildman–Crippen LogP) is 2.82. The molecule has 34 heavy (non-hydrogen) atoms. The lowest BCUT2D eigenvalue weighted by Crippen LogP contribution is -2.32. The summed E-state index contributed by atoms with van der Waals surface area (Å²) in [5, 5.41) is 9.11. The van der Waals surface area contributed by atoms with Crippen LogP contribution in [0, 0.1) is 6.92 Å². The predicted molar refractivity (Wildman–Crippen MR) is 131 cm³/mol. The fourth-order valence-corrected chi connectivity index (χ4v) is 2.88. The molecule has 0 spiro atoms. The van der Waals surface area contributed by atoms with E-state index in [1.807, 2.05) is 49.4 Å². The maximum atomic E-state index is 11.9. The number of ether oxygens (including phenoxy) is 1. The van der Waals surface area contributed by atoms with Crippen LogP contribution in [0.4, 0.5) is 5.69 Å². The molecule has 0 aliphatic rings. The van der Waals surface area contributed by atoms with Gasteiger partial charge in [-0.3, -0.25) is 14.4 Å². The molecule has 0 unspecified atom stereocenters. The van der Waals surface area contributed by atoms with Crippen molar-refractivity contribution >= 4 is 29.6 Å². The highest BCUT2D eigenvalue weighted by molar-refractivity contribution is 6.39. The number of nitrogens with zero attached hydrogens (tertiary/aromatic N) is 1. The van der Waals surface area contributed by atoms with Crippen molar-refractivity contribution in [1.82, 2.24) is 10.7 Å². The normalized spacial score (nSPS) is 10.5. The van der Waals surface area contributed by atoms with E-state index in [0.29, 0.717) is 23.5 Å². The van der Waals surface area contributed by atoms with Crippen molar-refractivity contribution in [2.45, 2.75) is 13.3 Å². The topological polar surface area (TPSA) is 109 Å². The summed E-state index contributed by atoms with van der Waals surface area (Å²) in [6, 6.07) is 23.8. The molecular formula is C26H26N4O4. The van der Waals surface area contributed by atoms with Crippen molar-refractivity contribution in [2.24, 2.45) is 5.10 Å². The van der Waals surface area contributed by atoms with Gasteiger partial charge in [0.25, 0.3) is 5.91 Å². The summed E-state index contributed by atoms with van der Waals surface area (Å²) in [5.41, 5.74) is 5.59. The molecule has 3 rings (SSSR count). The lowest BCUT2D eigenvalue weighted by molar-refractivity contribution is -0.136. The number of nitrogens with one attached hydrogen (secondary N) is 3. The van der Waals surface area contributed by atoms with E-state index in [2.05, 4.69) is 21.2 Å². The van der Waals surface area contributed by atoms with Gasteiger partial charge in [-0.2, -0.15) is 5.10 Å². The minimum Gasteiger partial charge on any atom is -0.484 e. The van der Waals surface area contributed by atoms with Crippen LogP contribution < -0.4 is 20.8 Å². The highest BCUT2D eigenvalue weighted by Gasteiger charge is 2.12. The van der Waals surface area contributed by atoms with Crippen LogP contribution in [-0.2, 0) is 20.8 Å². The average Bonchev–Trinajstić information content (AvgIpc) is 2.85. The molecule has 0 atom stereocenters. The zero-order chi connectivity index (χ0) is 24.2. The molecule has 0 fully saturated rings. The van der Waals surface area contributed by atoms with Crippen molar-refractivity contribution in [1.29, 1.82) is 0 Å². The molecule has 3 aromatic rings. The summed E-state index contributed by atoms with van der Waals surface area (Å²) < 4.78 is 5.48. The summed E-state index contributed by atoms with van der Waals surface area (Å²) in [4.78, 5) is 35.7. The Hall–Kier alpha value is -4.46. The molecule has 0 heterocycles. The van der Waals surface area contributed by atoms with Crippen LogP contribution in [0.3, 0.4) is 0 Å². The molecule has 0 aromatic heterocycles. The van der Waals surface area contributed by atoms with Crippen LogP contribution >= 0.6 is 0 Å². The molecule has 3 N–H and O–H groups in total. The summed E-state index contributed by atoms with van der Waals surface area (Å²) in [6.07, 6.45) is 2.15. The molecule has 0 saturated heterocycles. The highest BCUT2D eigenvalue weighted by Crippen LogP contribution is 2.11. The van der Waals surface area contributed by atoms with Gasteiger partial charge in [0.05, 0.1) is 6.21 Å². The van der Waals surface area contributed by atoms with E-state index in [1.165, 1.54) is 6.21 Å². The Morgan fingerprint density at radius 1 is 0.882 bits per heavy atom. The molecule has 0 saturated carbocycles. The van der Waals surface area contributed by atoms with Gasteiger partial charge < -0.3 is 15.4 Å². The Morgan fingerprint density at radius 2 is 1.59 bits per heavy atom. The van der Waals surface area contributed by atoms with Gasteiger partial charge in [-0.15, -0.1) is 0 Å². The Balaban J connectivity index is 1.36. The largest absolute Gasteiger partial charge is 0.484 e. The Bertz CT molecular complexity index is 1130. The standard InChI is InChI=1S/C26H26N4O4/c1-19-7-11-22(12-8-19)29-25(32)26(33)30-28-17-21-9-13-23(14-10-21)34-18-24(31)27-16-15-20-5-3-2-4-6-20/h2-14,17H,15-16,18H2,1H3,(H,27,31)(H,29,32)(H,30,33)/b28-17-. The van der Waals surface area contributed by atoms with E-state index in [-0.39, 0.29) is 12.5 Å². The molecule has 0 aliphatic carbocycles. The number of hydrazone groups is 1. The van der Waals surface area contributed by atoms with E-state index in [0.717, 1.165) is 17.5 Å². The van der Waals surface area contributed by atoms with Gasteiger partial charge in [0.2, 0.25) is 0 Å². The number of hydrogen-bond acceptors (Lipinski definition) is 5. The first-order valence-corrected chi connectivity index (χ1v) is 10.7. The fraction of sp³-hybridized carbons (Fsp3) is 0.154. The number of benzene rings is 3. The quantitative estimate of drug-likeness (QED) is 0.260. The number of amides is 3. The minimum atomic E-state index is -0.880. The van der Waals surface area contributed by atoms with E-state index in [9.17, 15) is 14.4 Å². The van der Waals surface area contributed by atoms with Crippen LogP contribution in [0.2, 0.25) is 0 Å². The second kappa shape index (κ2) is 12.5. The summed E-state index contributed by atoms with van der Waals surface area (Å²) in [7, 11) is 0. The second-order valence-corrected chi connectivity index (χ2v) is 7.46. The monoisotopic (exact) mass is 458 g/mol. The lowest BCUT2D eigenvalue weighted by atomic mass is 10.1. The van der Waals surface area contributed by atoms with Crippen molar-refractivity contribution in [3.05, 3.63) is 95.6 Å². The van der Waals surface area contributed by atoms with Gasteiger partial charge in [0.1, 0.15) is 5.75 Å². The molecule has 8 nitrogen and oxygen atoms in total. The molecule has 3 aromatic carbocycles. The molecule has 174 valence electrons. The molecule has 0 bridgehead atoms. The smallest absolute Gasteiger partial charge is 0.329 e. The van der Waals surface area contributed by atoms with Crippen LogP contribution in [0.1, 0.15) is 16.7 Å². The zero-order valence-corrected chi connectivity index (χ0v) is 18.8. The Morgan fingerprint density at radius 3 is 2.29 bits per heavy atom. The third-order valence-electron chi connectivity index (χ3n) is 4.72. The molecular weight excluding hydrogens is 432 g/mol. The van der Waals surface area contributed by atoms with Crippen LogP contribution in [0.5, 0.6) is 5.75 Å². The number of rotatable bonds is 9. The first kappa shape index (κ1) is 24.2. The first-order chi connectivity index (χ1) is 16.5. The van der Waals surface area contributed by atoms with Crippen molar-refractivity contribution in [3.63, 3.8) is 0 Å². The summed E-state index contributed by atoms with van der Waals surface area (Å²) >= 11 is 0. The maximum absolute atomic E-state index is 11.9. The van der Waals surface area contributed by atoms with Gasteiger partial charge in [0, 0.05) is 12.2 Å². The summed E-state index contributed by atoms with van der Waals surface area (Å²) in [6.45, 7) is 2.38. The van der Waals surface area contributed by atoms with Gasteiger partial charge in [-0.05, 0) is 60.9 Å². The van der Waals surface area contributed by atoms with Crippen molar-refractivity contribution in [3.8, 4) is 5.75 Å². The number of carbonyl (C=O) groups is 3. The Labute approximate surface area is 198 Å². The molecule has 8 heteroatoms. The van der Waals surface area contributed by atoms with Crippen LogP contribution in [0.15, 0.2) is 84.0 Å². The third-order valence-corrected chi connectivity index (χ3v) is 4.72. The number of aryl methyl sites for hydroxylation is 1. The van der Waals surface area contributed by atoms with Crippen molar-refractivity contribution < 1.29 is 19.1 Å². The highest BCUT2D eigenvalue weighted by atomic mass is 16.5. The number of hydrogen-bond donors (Lipinski definition) is 3. The first-order valence-electron chi connectivity index (χ1n) is 10.7. The molecule has 0 radical (unpaired) electrons. The van der Waals surface area contributed by atoms with E-state index in [4.69, 9.17) is 4.74 Å². The van der Waals surface area contributed by atoms with Crippen LogP contribution in [0.25, 0.3) is 0 Å². The third kappa shape index (κ3) is 8.23. The fourth-order valence-electron chi connectivity index (χ4n) is 2.88. The zero-order valence-electron chi connectivity index (χ0n) is 18.8. The average molecular weight is 459 g/mol. The van der Waals surface area contributed by atoms with E-state index < -0.39 is 11.8 Å². The van der Waals surface area contributed by atoms with Crippen LogP contribution in [-0.4, -0.2) is 37.1 Å². The van der Waals surface area contributed by atoms with Gasteiger partial charge in [-0.1, -0.05) is 48.0 Å². The maximum Gasteiger partial charge on any atom is 0.329 e. The Kier molecular flexibility index (Phi) is 8.92. The van der Waals surface area contributed by atoms with Gasteiger partial charge >= 0.3 is 11.8 Å². The molecule has 0 aliphatic heterocycles. The SMILES string of the molecule is Cc1ccc(NC(=O)C(=O)N/N=C\c2ccc(OCC(=O)NCCc3ccccc3)cc2)cc1. The van der Waals surface area contributed by atoms with E-state index in [1.54, 1.807) is 36.4 Å².